The summed E-state index contributed by atoms with van der Waals surface area (Å²) in [7, 11) is 2.98. The summed E-state index contributed by atoms with van der Waals surface area (Å²) in [5.74, 6) is 0.447. The highest BCUT2D eigenvalue weighted by Crippen LogP contribution is 2.39. The highest BCUT2D eigenvalue weighted by Gasteiger charge is 2.19. The zero-order valence-electron chi connectivity index (χ0n) is 11.3. The van der Waals surface area contributed by atoms with Gasteiger partial charge in [0.1, 0.15) is 5.82 Å². The average molecular weight is 439 g/mol. The number of ether oxygens (including phenoxy) is 2. The van der Waals surface area contributed by atoms with Crippen LogP contribution in [0.25, 0.3) is 0 Å². The fourth-order valence-corrected chi connectivity index (χ4v) is 2.98. The van der Waals surface area contributed by atoms with Gasteiger partial charge >= 0.3 is 0 Å². The molecule has 0 aliphatic carbocycles. The Kier molecular flexibility index (Phi) is 5.52. The van der Waals surface area contributed by atoms with Crippen molar-refractivity contribution >= 4 is 43.5 Å². The molecule has 0 saturated heterocycles. The third-order valence-electron chi connectivity index (χ3n) is 3.01. The number of halogens is 4. The topological polar surface area (TPSA) is 18.5 Å². The van der Waals surface area contributed by atoms with Crippen LogP contribution >= 0.6 is 43.5 Å². The van der Waals surface area contributed by atoms with Gasteiger partial charge in [-0.2, -0.15) is 0 Å². The molecule has 0 fully saturated rings. The van der Waals surface area contributed by atoms with E-state index >= 15 is 0 Å². The van der Waals surface area contributed by atoms with E-state index in [1.165, 1.54) is 20.3 Å². The van der Waals surface area contributed by atoms with Crippen LogP contribution in [0.3, 0.4) is 0 Å². The molecule has 0 radical (unpaired) electrons. The predicted molar refractivity (Wildman–Crippen MR) is 89.4 cm³/mol. The SMILES string of the molecule is COc1cc(F)c(C(Br)c2ccc(Br)c(Cl)c2)cc1OC. The predicted octanol–water partition coefficient (Wildman–Crippen LogP) is 5.74. The maximum Gasteiger partial charge on any atom is 0.163 e. The van der Waals surface area contributed by atoms with E-state index in [4.69, 9.17) is 21.1 Å². The minimum Gasteiger partial charge on any atom is -0.493 e. The van der Waals surface area contributed by atoms with Gasteiger partial charge in [-0.1, -0.05) is 33.6 Å². The number of hydrogen-bond donors (Lipinski definition) is 0. The molecular weight excluding hydrogens is 426 g/mol. The minimum absolute atomic E-state index is 0.345. The van der Waals surface area contributed by atoms with E-state index in [1.54, 1.807) is 12.1 Å². The number of alkyl halides is 1. The Hall–Kier alpha value is -0.780. The molecule has 0 amide bonds. The van der Waals surface area contributed by atoms with Gasteiger partial charge in [0, 0.05) is 16.1 Å². The highest BCUT2D eigenvalue weighted by atomic mass is 79.9. The van der Waals surface area contributed by atoms with Gasteiger partial charge < -0.3 is 9.47 Å². The summed E-state index contributed by atoms with van der Waals surface area (Å²) in [4.78, 5) is -0.345. The summed E-state index contributed by atoms with van der Waals surface area (Å²) >= 11 is 12.9. The van der Waals surface area contributed by atoms with Gasteiger partial charge in [-0.25, -0.2) is 4.39 Å². The maximum atomic E-state index is 14.3. The first-order chi connectivity index (χ1) is 9.97. The molecule has 2 nitrogen and oxygen atoms in total. The van der Waals surface area contributed by atoms with Gasteiger partial charge in [-0.05, 0) is 39.7 Å². The average Bonchev–Trinajstić information content (AvgIpc) is 2.49. The fraction of sp³-hybridized carbons (Fsp3) is 0.200. The van der Waals surface area contributed by atoms with Crippen molar-refractivity contribution in [2.45, 2.75) is 4.83 Å². The molecule has 0 aliphatic heterocycles. The lowest BCUT2D eigenvalue weighted by Crippen LogP contribution is -2.00. The second kappa shape index (κ2) is 6.99. The number of hydrogen-bond acceptors (Lipinski definition) is 2. The quantitative estimate of drug-likeness (QED) is 0.567. The molecule has 0 aliphatic rings. The Morgan fingerprint density at radius 1 is 1.10 bits per heavy atom. The van der Waals surface area contributed by atoms with Crippen LogP contribution in [0.15, 0.2) is 34.8 Å². The third-order valence-corrected chi connectivity index (χ3v) is 5.27. The number of rotatable bonds is 4. The van der Waals surface area contributed by atoms with E-state index in [0.717, 1.165) is 10.0 Å². The molecule has 2 rings (SSSR count). The zero-order valence-corrected chi connectivity index (χ0v) is 15.2. The minimum atomic E-state index is -0.381. The lowest BCUT2D eigenvalue weighted by molar-refractivity contribution is 0.351. The second-order valence-electron chi connectivity index (χ2n) is 4.26. The summed E-state index contributed by atoms with van der Waals surface area (Å²) in [6.07, 6.45) is 0. The maximum absolute atomic E-state index is 14.3. The lowest BCUT2D eigenvalue weighted by atomic mass is 10.0. The highest BCUT2D eigenvalue weighted by molar-refractivity contribution is 9.10. The first kappa shape index (κ1) is 16.6. The zero-order chi connectivity index (χ0) is 15.6. The van der Waals surface area contributed by atoms with Crippen LogP contribution in [0, 0.1) is 5.82 Å². The van der Waals surface area contributed by atoms with Crippen LogP contribution < -0.4 is 9.47 Å². The van der Waals surface area contributed by atoms with Gasteiger partial charge in [0.2, 0.25) is 0 Å². The van der Waals surface area contributed by atoms with Crippen LogP contribution in [0.1, 0.15) is 16.0 Å². The molecule has 0 N–H and O–H groups in total. The van der Waals surface area contributed by atoms with Crippen LogP contribution in [-0.4, -0.2) is 14.2 Å². The molecule has 0 spiro atoms. The van der Waals surface area contributed by atoms with Gasteiger partial charge in [0.25, 0.3) is 0 Å². The van der Waals surface area contributed by atoms with Crippen molar-refractivity contribution in [2.24, 2.45) is 0 Å². The Labute approximate surface area is 144 Å². The summed E-state index contributed by atoms with van der Waals surface area (Å²) in [5.41, 5.74) is 1.29. The van der Waals surface area contributed by atoms with Crippen molar-refractivity contribution in [3.8, 4) is 11.5 Å². The molecule has 0 aromatic heterocycles. The standard InChI is InChI=1S/C15H12Br2ClFO2/c1-20-13-6-9(12(19)7-14(13)21-2)15(17)8-3-4-10(16)11(18)5-8/h3-7,15H,1-2H3. The van der Waals surface area contributed by atoms with Crippen LogP contribution in [0.5, 0.6) is 11.5 Å². The van der Waals surface area contributed by atoms with Crippen molar-refractivity contribution in [1.29, 1.82) is 0 Å². The monoisotopic (exact) mass is 436 g/mol. The van der Waals surface area contributed by atoms with Gasteiger partial charge in [0.05, 0.1) is 24.1 Å². The van der Waals surface area contributed by atoms with E-state index in [2.05, 4.69) is 31.9 Å². The van der Waals surface area contributed by atoms with Crippen molar-refractivity contribution < 1.29 is 13.9 Å². The molecule has 0 saturated carbocycles. The number of methoxy groups -OCH3 is 2. The van der Waals surface area contributed by atoms with E-state index in [-0.39, 0.29) is 10.6 Å². The molecule has 1 atom stereocenters. The Morgan fingerprint density at radius 3 is 2.29 bits per heavy atom. The first-order valence-electron chi connectivity index (χ1n) is 5.98. The normalized spacial score (nSPS) is 12.1. The van der Waals surface area contributed by atoms with Crippen molar-refractivity contribution in [2.75, 3.05) is 14.2 Å². The Bertz CT molecular complexity index is 664. The van der Waals surface area contributed by atoms with Crippen LogP contribution in [0.2, 0.25) is 5.02 Å². The van der Waals surface area contributed by atoms with E-state index in [1.807, 2.05) is 12.1 Å². The van der Waals surface area contributed by atoms with Crippen molar-refractivity contribution in [3.63, 3.8) is 0 Å². The molecular formula is C15H12Br2ClFO2. The van der Waals surface area contributed by atoms with Gasteiger partial charge in [-0.3, -0.25) is 0 Å². The second-order valence-corrected chi connectivity index (χ2v) is 6.44. The summed E-state index contributed by atoms with van der Waals surface area (Å²) < 4.78 is 25.4. The smallest absolute Gasteiger partial charge is 0.163 e. The Balaban J connectivity index is 2.47. The Morgan fingerprint density at radius 2 is 1.71 bits per heavy atom. The molecule has 2 aromatic rings. The van der Waals surface area contributed by atoms with E-state index < -0.39 is 0 Å². The largest absolute Gasteiger partial charge is 0.493 e. The molecule has 112 valence electrons. The molecule has 2 aromatic carbocycles. The van der Waals surface area contributed by atoms with E-state index in [0.29, 0.717) is 22.1 Å². The summed E-state index contributed by atoms with van der Waals surface area (Å²) in [5, 5.41) is 0.567. The third kappa shape index (κ3) is 3.52. The summed E-state index contributed by atoms with van der Waals surface area (Å²) in [6, 6.07) is 8.39. The lowest BCUT2D eigenvalue weighted by Gasteiger charge is -2.16. The van der Waals surface area contributed by atoms with Crippen LogP contribution in [-0.2, 0) is 0 Å². The fourth-order valence-electron chi connectivity index (χ4n) is 1.91. The van der Waals surface area contributed by atoms with Gasteiger partial charge in [0.15, 0.2) is 11.5 Å². The molecule has 6 heteroatoms. The molecule has 1 unspecified atom stereocenters. The van der Waals surface area contributed by atoms with E-state index in [9.17, 15) is 4.39 Å². The van der Waals surface area contributed by atoms with Gasteiger partial charge in [-0.15, -0.1) is 0 Å². The number of benzene rings is 2. The van der Waals surface area contributed by atoms with Crippen LogP contribution in [0.4, 0.5) is 4.39 Å². The first-order valence-corrected chi connectivity index (χ1v) is 8.07. The molecule has 0 bridgehead atoms. The van der Waals surface area contributed by atoms with Crippen molar-refractivity contribution in [1.82, 2.24) is 0 Å². The molecule has 21 heavy (non-hydrogen) atoms. The summed E-state index contributed by atoms with van der Waals surface area (Å²) in [6.45, 7) is 0. The molecule has 0 heterocycles. The van der Waals surface area contributed by atoms with Crippen molar-refractivity contribution in [3.05, 3.63) is 56.8 Å².